The van der Waals surface area contributed by atoms with Crippen LogP contribution >= 0.6 is 0 Å². The third kappa shape index (κ3) is 2.76. The molecule has 4 heteroatoms. The van der Waals surface area contributed by atoms with Gasteiger partial charge >= 0.3 is 6.09 Å². The highest BCUT2D eigenvalue weighted by Crippen LogP contribution is 1.95. The molecule has 10 heavy (non-hydrogen) atoms. The van der Waals surface area contributed by atoms with Crippen LogP contribution in [-0.4, -0.2) is 12.2 Å². The van der Waals surface area contributed by atoms with E-state index in [-0.39, 0.29) is 0 Å². The topological polar surface area (TPSA) is 55.7 Å². The second-order valence-corrected chi connectivity index (χ2v) is 1.41. The van der Waals surface area contributed by atoms with Crippen molar-refractivity contribution in [2.75, 3.05) is 0 Å². The van der Waals surface area contributed by atoms with E-state index in [9.17, 15) is 9.70 Å². The van der Waals surface area contributed by atoms with Gasteiger partial charge in [-0.3, -0.25) is 0 Å². The number of carbonyl (C=O) groups excluding carboxylic acids is 1. The fourth-order valence-corrected chi connectivity index (χ4v) is 0.330. The first kappa shape index (κ1) is 8.55. The summed E-state index contributed by atoms with van der Waals surface area (Å²) in [5.74, 6) is 0. The maximum Gasteiger partial charge on any atom is 0.471 e. The van der Waals surface area contributed by atoms with Crippen molar-refractivity contribution in [1.29, 1.82) is 0 Å². The summed E-state index contributed by atoms with van der Waals surface area (Å²) in [7, 11) is 0. The van der Waals surface area contributed by atoms with Crippen LogP contribution < -0.4 is 0 Å². The highest BCUT2D eigenvalue weighted by Gasteiger charge is 2.05. The Bertz CT molecular complexity index is 156. The molecule has 0 aromatic heterocycles. The van der Waals surface area contributed by atoms with E-state index >= 15 is 0 Å². The molecular weight excluding hydrogens is 134 g/mol. The van der Waals surface area contributed by atoms with Crippen LogP contribution in [0, 0.1) is 4.91 Å². The maximum absolute atomic E-state index is 10.1. The zero-order valence-corrected chi connectivity index (χ0v) is 5.32. The Kier molecular flexibility index (Phi) is 3.79. The van der Waals surface area contributed by atoms with Crippen molar-refractivity contribution in [2.24, 2.45) is 5.18 Å². The fourth-order valence-electron chi connectivity index (χ4n) is 0.330. The number of nitroso groups, excluding NO2 is 1. The SMILES string of the molecule is C=CC(C=C)OC(=O)N=O. The number of rotatable bonds is 3. The molecule has 1 amide bonds. The number of ether oxygens (including phenoxy) is 1. The van der Waals surface area contributed by atoms with E-state index in [2.05, 4.69) is 17.9 Å². The van der Waals surface area contributed by atoms with Gasteiger partial charge in [0, 0.05) is 0 Å². The molecule has 0 spiro atoms. The number of hydrogen-bond acceptors (Lipinski definition) is 3. The molecule has 54 valence electrons. The lowest BCUT2D eigenvalue weighted by Crippen LogP contribution is -2.08. The second-order valence-electron chi connectivity index (χ2n) is 1.41. The molecule has 0 aromatic carbocycles. The average Bonchev–Trinajstić information content (AvgIpc) is 1.99. The minimum atomic E-state index is -1.16. The normalized spacial score (nSPS) is 8.50. The second kappa shape index (κ2) is 4.43. The van der Waals surface area contributed by atoms with Gasteiger partial charge < -0.3 is 4.74 Å². The largest absolute Gasteiger partial charge is 0.471 e. The molecule has 0 aliphatic heterocycles. The molecule has 0 heterocycles. The standard InChI is InChI=1S/C6H7NO3/c1-3-5(4-2)10-6(8)7-9/h3-5H,1-2H2. The van der Waals surface area contributed by atoms with E-state index in [0.29, 0.717) is 0 Å². The van der Waals surface area contributed by atoms with Crippen molar-refractivity contribution in [2.45, 2.75) is 6.10 Å². The van der Waals surface area contributed by atoms with Gasteiger partial charge in [-0.25, -0.2) is 4.79 Å². The number of carbonyl (C=O) groups is 1. The summed E-state index contributed by atoms with van der Waals surface area (Å²) in [5, 5.41) is 2.02. The van der Waals surface area contributed by atoms with Crippen molar-refractivity contribution in [3.8, 4) is 0 Å². The van der Waals surface area contributed by atoms with E-state index in [1.165, 1.54) is 12.2 Å². The zero-order valence-electron chi connectivity index (χ0n) is 5.32. The highest BCUT2D eigenvalue weighted by molar-refractivity contribution is 5.68. The van der Waals surface area contributed by atoms with Gasteiger partial charge in [0.2, 0.25) is 0 Å². The third-order valence-electron chi connectivity index (χ3n) is 0.776. The highest BCUT2D eigenvalue weighted by atomic mass is 16.6. The fraction of sp³-hybridized carbons (Fsp3) is 0.167. The van der Waals surface area contributed by atoms with Gasteiger partial charge in [-0.1, -0.05) is 13.2 Å². The summed E-state index contributed by atoms with van der Waals surface area (Å²) in [5.41, 5.74) is 0. The van der Waals surface area contributed by atoms with Crippen LogP contribution in [0.5, 0.6) is 0 Å². The zero-order chi connectivity index (χ0) is 7.98. The number of nitrogens with zero attached hydrogens (tertiary/aromatic N) is 1. The van der Waals surface area contributed by atoms with Crippen LogP contribution in [-0.2, 0) is 4.74 Å². The molecule has 0 aliphatic rings. The monoisotopic (exact) mass is 141 g/mol. The Morgan fingerprint density at radius 1 is 1.50 bits per heavy atom. The molecule has 0 radical (unpaired) electrons. The molecule has 0 N–H and O–H groups in total. The van der Waals surface area contributed by atoms with Gasteiger partial charge in [0.05, 0.1) is 5.18 Å². The minimum Gasteiger partial charge on any atom is -0.434 e. The first-order valence-electron chi connectivity index (χ1n) is 2.53. The molecular formula is C6H7NO3. The van der Waals surface area contributed by atoms with E-state index in [1.807, 2.05) is 5.18 Å². The first-order valence-corrected chi connectivity index (χ1v) is 2.53. The number of amides is 1. The average molecular weight is 141 g/mol. The van der Waals surface area contributed by atoms with Gasteiger partial charge in [0.15, 0.2) is 0 Å². The van der Waals surface area contributed by atoms with E-state index in [0.717, 1.165) is 0 Å². The molecule has 0 aliphatic carbocycles. The molecule has 0 saturated heterocycles. The lowest BCUT2D eigenvalue weighted by atomic mass is 10.3. The minimum absolute atomic E-state index is 0.634. The molecule has 0 saturated carbocycles. The maximum atomic E-state index is 10.1. The van der Waals surface area contributed by atoms with Gasteiger partial charge in [-0.15, -0.1) is 4.91 Å². The predicted molar refractivity (Wildman–Crippen MR) is 36.5 cm³/mol. The number of hydrogen-bond donors (Lipinski definition) is 0. The molecule has 0 fully saturated rings. The molecule has 0 unspecified atom stereocenters. The summed E-state index contributed by atoms with van der Waals surface area (Å²) in [6, 6.07) is 0. The van der Waals surface area contributed by atoms with E-state index < -0.39 is 12.2 Å². The predicted octanol–water partition coefficient (Wildman–Crippen LogP) is 1.63. The Labute approximate surface area is 58.2 Å². The molecule has 0 rings (SSSR count). The van der Waals surface area contributed by atoms with Gasteiger partial charge in [0.25, 0.3) is 0 Å². The van der Waals surface area contributed by atoms with Crippen LogP contribution in [0.2, 0.25) is 0 Å². The van der Waals surface area contributed by atoms with Gasteiger partial charge in [-0.2, -0.15) is 0 Å². The van der Waals surface area contributed by atoms with E-state index in [1.54, 1.807) is 0 Å². The van der Waals surface area contributed by atoms with Crippen molar-refractivity contribution in [3.05, 3.63) is 30.2 Å². The Morgan fingerprint density at radius 2 is 2.00 bits per heavy atom. The van der Waals surface area contributed by atoms with Crippen molar-refractivity contribution < 1.29 is 9.53 Å². The van der Waals surface area contributed by atoms with Crippen LogP contribution in [0.15, 0.2) is 30.5 Å². The van der Waals surface area contributed by atoms with Crippen LogP contribution in [0.4, 0.5) is 4.79 Å². The summed E-state index contributed by atoms with van der Waals surface area (Å²) in [4.78, 5) is 19.6. The Morgan fingerprint density at radius 3 is 2.30 bits per heavy atom. The summed E-state index contributed by atoms with van der Waals surface area (Å²) >= 11 is 0. The summed E-state index contributed by atoms with van der Waals surface area (Å²) in [6.07, 6.45) is 0.863. The molecule has 0 atom stereocenters. The van der Waals surface area contributed by atoms with Crippen molar-refractivity contribution in [3.63, 3.8) is 0 Å². The quantitative estimate of drug-likeness (QED) is 0.443. The van der Waals surface area contributed by atoms with Crippen LogP contribution in [0.3, 0.4) is 0 Å². The Balaban J connectivity index is 3.84. The summed E-state index contributed by atoms with van der Waals surface area (Å²) in [6.45, 7) is 6.65. The smallest absolute Gasteiger partial charge is 0.434 e. The lowest BCUT2D eigenvalue weighted by molar-refractivity contribution is 0.147. The van der Waals surface area contributed by atoms with Gasteiger partial charge in [-0.05, 0) is 12.2 Å². The Hall–Kier alpha value is -1.45. The molecule has 0 aromatic rings. The van der Waals surface area contributed by atoms with Gasteiger partial charge in [0.1, 0.15) is 6.10 Å². The lowest BCUT2D eigenvalue weighted by Gasteiger charge is -2.03. The third-order valence-corrected chi connectivity index (χ3v) is 0.776. The van der Waals surface area contributed by atoms with Crippen molar-refractivity contribution in [1.82, 2.24) is 0 Å². The van der Waals surface area contributed by atoms with Crippen LogP contribution in [0.25, 0.3) is 0 Å². The molecule has 0 bridgehead atoms. The van der Waals surface area contributed by atoms with Crippen molar-refractivity contribution >= 4 is 6.09 Å². The first-order chi connectivity index (χ1) is 4.74. The van der Waals surface area contributed by atoms with Crippen LogP contribution in [0.1, 0.15) is 0 Å². The summed E-state index contributed by atoms with van der Waals surface area (Å²) < 4.78 is 4.34. The molecule has 4 nitrogen and oxygen atoms in total. The van der Waals surface area contributed by atoms with E-state index in [4.69, 9.17) is 0 Å².